The molecule has 2 aliphatic rings. The maximum absolute atomic E-state index is 12.7. The second-order valence-corrected chi connectivity index (χ2v) is 6.11. The average Bonchev–Trinajstić information content (AvgIpc) is 3.18. The zero-order valence-corrected chi connectivity index (χ0v) is 14.8. The second kappa shape index (κ2) is 7.41. The lowest BCUT2D eigenvalue weighted by molar-refractivity contribution is -0.153. The van der Waals surface area contributed by atoms with Crippen molar-refractivity contribution < 1.29 is 28.6 Å². The first-order valence-corrected chi connectivity index (χ1v) is 7.65. The van der Waals surface area contributed by atoms with E-state index in [1.807, 2.05) is 0 Å². The molecule has 7 nitrogen and oxygen atoms in total. The van der Waals surface area contributed by atoms with Gasteiger partial charge in [0.25, 0.3) is 5.91 Å². The van der Waals surface area contributed by atoms with E-state index in [0.29, 0.717) is 24.3 Å². The number of fused-ring (bicyclic) bond motifs is 1. The molecule has 0 aliphatic carbocycles. The van der Waals surface area contributed by atoms with Crippen LogP contribution in [-0.2, 0) is 19.0 Å². The lowest BCUT2D eigenvalue weighted by Gasteiger charge is -2.23. The Morgan fingerprint density at radius 3 is 2.36 bits per heavy atom. The Hall–Kier alpha value is -2.12. The minimum atomic E-state index is -0.767. The van der Waals surface area contributed by atoms with Crippen LogP contribution < -0.4 is 0 Å². The third-order valence-corrected chi connectivity index (χ3v) is 4.81. The fraction of sp³-hybridized carbons (Fsp3) is 0.471. The zero-order chi connectivity index (χ0) is 17.3. The van der Waals surface area contributed by atoms with E-state index in [4.69, 9.17) is 9.47 Å². The molecule has 1 aromatic rings. The van der Waals surface area contributed by atoms with Gasteiger partial charge in [0, 0.05) is 24.6 Å². The van der Waals surface area contributed by atoms with Gasteiger partial charge in [-0.25, -0.2) is 4.79 Å². The number of amides is 1. The molecular formula is C17H20ClNO6. The summed E-state index contributed by atoms with van der Waals surface area (Å²) in [4.78, 5) is 38.0. The fourth-order valence-corrected chi connectivity index (χ4v) is 3.43. The highest BCUT2D eigenvalue weighted by molar-refractivity contribution is 5.97. The van der Waals surface area contributed by atoms with E-state index in [-0.39, 0.29) is 43.4 Å². The van der Waals surface area contributed by atoms with Crippen molar-refractivity contribution >= 4 is 30.3 Å². The van der Waals surface area contributed by atoms with E-state index >= 15 is 0 Å². The van der Waals surface area contributed by atoms with Crippen LogP contribution in [0, 0.1) is 11.3 Å². The first-order valence-electron chi connectivity index (χ1n) is 7.65. The van der Waals surface area contributed by atoms with Crippen molar-refractivity contribution in [1.29, 1.82) is 0 Å². The highest BCUT2D eigenvalue weighted by atomic mass is 35.5. The minimum absolute atomic E-state index is 0. The van der Waals surface area contributed by atoms with Crippen molar-refractivity contribution in [2.75, 3.05) is 40.5 Å². The predicted molar refractivity (Wildman–Crippen MR) is 89.7 cm³/mol. The molecule has 2 atom stereocenters. The summed E-state index contributed by atoms with van der Waals surface area (Å²) in [6, 6.07) is 6.28. The van der Waals surface area contributed by atoms with Crippen molar-refractivity contribution in [3.8, 4) is 0 Å². The van der Waals surface area contributed by atoms with Gasteiger partial charge in [-0.05, 0) is 24.3 Å². The molecule has 2 saturated heterocycles. The summed E-state index contributed by atoms with van der Waals surface area (Å²) in [5, 5.41) is 0. The Kier molecular flexibility index (Phi) is 5.69. The largest absolute Gasteiger partial charge is 0.468 e. The van der Waals surface area contributed by atoms with Gasteiger partial charge < -0.3 is 19.1 Å². The summed E-state index contributed by atoms with van der Waals surface area (Å²) >= 11 is 0. The van der Waals surface area contributed by atoms with Crippen LogP contribution in [0.2, 0.25) is 0 Å². The molecule has 25 heavy (non-hydrogen) atoms. The molecule has 136 valence electrons. The van der Waals surface area contributed by atoms with E-state index in [2.05, 4.69) is 4.74 Å². The van der Waals surface area contributed by atoms with Gasteiger partial charge in [0.15, 0.2) is 0 Å². The van der Waals surface area contributed by atoms with Gasteiger partial charge >= 0.3 is 11.9 Å². The predicted octanol–water partition coefficient (Wildman–Crippen LogP) is 1.16. The lowest BCUT2D eigenvalue weighted by Crippen LogP contribution is -2.41. The number of hydrogen-bond donors (Lipinski definition) is 0. The van der Waals surface area contributed by atoms with Crippen molar-refractivity contribution in [3.05, 3.63) is 35.4 Å². The third kappa shape index (κ3) is 3.21. The Labute approximate surface area is 151 Å². The maximum atomic E-state index is 12.7. The summed E-state index contributed by atoms with van der Waals surface area (Å²) in [5.74, 6) is -1.01. The number of rotatable bonds is 3. The molecule has 0 aromatic heterocycles. The highest BCUT2D eigenvalue weighted by Gasteiger charge is 2.57. The van der Waals surface area contributed by atoms with Crippen LogP contribution in [0.5, 0.6) is 0 Å². The minimum Gasteiger partial charge on any atom is -0.468 e. The number of benzene rings is 1. The molecule has 0 saturated carbocycles. The number of hydrogen-bond acceptors (Lipinski definition) is 6. The zero-order valence-electron chi connectivity index (χ0n) is 14.0. The summed E-state index contributed by atoms with van der Waals surface area (Å²) in [6.07, 6.45) is 0. The normalized spacial score (nSPS) is 24.2. The lowest BCUT2D eigenvalue weighted by atomic mass is 9.81. The molecule has 2 aliphatic heterocycles. The molecule has 0 N–H and O–H groups in total. The number of carbonyl (C=O) groups is 3. The Balaban J connectivity index is 0.00000225. The number of nitrogens with zero attached hydrogens (tertiary/aromatic N) is 1. The fourth-order valence-electron chi connectivity index (χ4n) is 3.43. The molecule has 0 unspecified atom stereocenters. The monoisotopic (exact) mass is 369 g/mol. The molecule has 2 heterocycles. The maximum Gasteiger partial charge on any atom is 0.337 e. The van der Waals surface area contributed by atoms with Gasteiger partial charge in [-0.3, -0.25) is 9.59 Å². The van der Waals surface area contributed by atoms with E-state index < -0.39 is 11.4 Å². The van der Waals surface area contributed by atoms with Crippen molar-refractivity contribution in [2.45, 2.75) is 0 Å². The molecule has 0 radical (unpaired) electrons. The van der Waals surface area contributed by atoms with Crippen LogP contribution in [0.1, 0.15) is 20.7 Å². The quantitative estimate of drug-likeness (QED) is 0.743. The van der Waals surface area contributed by atoms with Crippen molar-refractivity contribution in [1.82, 2.24) is 4.90 Å². The molecule has 8 heteroatoms. The summed E-state index contributed by atoms with van der Waals surface area (Å²) in [7, 11) is 2.65. The van der Waals surface area contributed by atoms with Crippen LogP contribution in [0.3, 0.4) is 0 Å². The molecule has 3 rings (SSSR count). The first kappa shape index (κ1) is 19.2. The number of halogens is 1. The second-order valence-electron chi connectivity index (χ2n) is 6.11. The summed E-state index contributed by atoms with van der Waals surface area (Å²) < 4.78 is 15.0. The average molecular weight is 370 g/mol. The third-order valence-electron chi connectivity index (χ3n) is 4.81. The summed E-state index contributed by atoms with van der Waals surface area (Å²) in [6.45, 7) is 1.45. The molecule has 1 amide bonds. The first-order chi connectivity index (χ1) is 11.5. The van der Waals surface area contributed by atoms with Gasteiger partial charge in [-0.15, -0.1) is 12.4 Å². The Morgan fingerprint density at radius 2 is 1.76 bits per heavy atom. The van der Waals surface area contributed by atoms with Crippen molar-refractivity contribution in [2.24, 2.45) is 11.3 Å². The van der Waals surface area contributed by atoms with Gasteiger partial charge in [0.2, 0.25) is 0 Å². The van der Waals surface area contributed by atoms with Crippen LogP contribution in [0.15, 0.2) is 24.3 Å². The van der Waals surface area contributed by atoms with Gasteiger partial charge in [-0.1, -0.05) is 0 Å². The number of ether oxygens (including phenoxy) is 3. The topological polar surface area (TPSA) is 82.1 Å². The standard InChI is InChI=1S/C17H19NO6.ClH/c1-22-15(20)12-5-3-11(4-6-12)14(19)18-7-13-8-24-10-17(13,9-18)16(21)23-2;/h3-6,13H,7-10H2,1-2H3;1H/t13-,17-;/m0./s1. The van der Waals surface area contributed by atoms with Crippen LogP contribution in [0.25, 0.3) is 0 Å². The van der Waals surface area contributed by atoms with Crippen LogP contribution >= 0.6 is 12.4 Å². The van der Waals surface area contributed by atoms with E-state index in [9.17, 15) is 14.4 Å². The van der Waals surface area contributed by atoms with Gasteiger partial charge in [0.05, 0.1) is 33.0 Å². The van der Waals surface area contributed by atoms with Crippen molar-refractivity contribution in [3.63, 3.8) is 0 Å². The summed E-state index contributed by atoms with van der Waals surface area (Å²) in [5.41, 5.74) is 0.0754. The van der Waals surface area contributed by atoms with Gasteiger partial charge in [-0.2, -0.15) is 0 Å². The Morgan fingerprint density at radius 1 is 1.12 bits per heavy atom. The smallest absolute Gasteiger partial charge is 0.337 e. The molecule has 0 spiro atoms. The molecule has 1 aromatic carbocycles. The Bertz CT molecular complexity index is 676. The molecule has 0 bridgehead atoms. The SMILES string of the molecule is COC(=O)c1ccc(C(=O)N2C[C@H]3COC[C@@]3(C(=O)OC)C2)cc1.Cl. The van der Waals surface area contributed by atoms with E-state index in [0.717, 1.165) is 0 Å². The number of likely N-dealkylation sites (tertiary alicyclic amines) is 1. The highest BCUT2D eigenvalue weighted by Crippen LogP contribution is 2.42. The number of methoxy groups -OCH3 is 2. The van der Waals surface area contributed by atoms with E-state index in [1.165, 1.54) is 14.2 Å². The molecule has 2 fully saturated rings. The van der Waals surface area contributed by atoms with Crippen LogP contribution in [-0.4, -0.2) is 63.3 Å². The van der Waals surface area contributed by atoms with Crippen LogP contribution in [0.4, 0.5) is 0 Å². The molecular weight excluding hydrogens is 350 g/mol. The van der Waals surface area contributed by atoms with Gasteiger partial charge in [0.1, 0.15) is 5.41 Å². The van der Waals surface area contributed by atoms with E-state index in [1.54, 1.807) is 29.2 Å². The number of carbonyl (C=O) groups excluding carboxylic acids is 3. The number of esters is 2.